The van der Waals surface area contributed by atoms with Crippen molar-refractivity contribution in [3.8, 4) is 6.07 Å². The van der Waals surface area contributed by atoms with Gasteiger partial charge in [-0.2, -0.15) is 5.26 Å². The first-order valence-corrected chi connectivity index (χ1v) is 6.82. The van der Waals surface area contributed by atoms with Crippen molar-refractivity contribution in [2.45, 2.75) is 45.1 Å². The van der Waals surface area contributed by atoms with Gasteiger partial charge in [0, 0.05) is 24.0 Å². The lowest BCUT2D eigenvalue weighted by molar-refractivity contribution is 0.435. The quantitative estimate of drug-likeness (QED) is 0.829. The third kappa shape index (κ3) is 2.59. The van der Waals surface area contributed by atoms with Crippen LogP contribution in [-0.2, 0) is 0 Å². The summed E-state index contributed by atoms with van der Waals surface area (Å²) in [5.41, 5.74) is 8.10. The Bertz CT molecular complexity index is 446. The van der Waals surface area contributed by atoms with Gasteiger partial charge in [-0.15, -0.1) is 0 Å². The topological polar surface area (TPSA) is 53.0 Å². The van der Waals surface area contributed by atoms with Crippen LogP contribution in [0.15, 0.2) is 18.2 Å². The molecule has 2 N–H and O–H groups in total. The lowest BCUT2D eigenvalue weighted by atomic mass is 9.97. The molecule has 1 unspecified atom stereocenters. The Morgan fingerprint density at radius 1 is 1.44 bits per heavy atom. The van der Waals surface area contributed by atoms with Crippen LogP contribution < -0.4 is 10.6 Å². The minimum atomic E-state index is 0.574. The Morgan fingerprint density at radius 2 is 2.28 bits per heavy atom. The maximum Gasteiger partial charge on any atom is 0.101 e. The van der Waals surface area contributed by atoms with Crippen LogP contribution >= 0.6 is 0 Å². The number of nitriles is 1. The molecule has 0 radical (unpaired) electrons. The molecule has 0 saturated carbocycles. The predicted octanol–water partition coefficient (Wildman–Crippen LogP) is 3.30. The fraction of sp³-hybridized carbons (Fsp3) is 0.533. The summed E-state index contributed by atoms with van der Waals surface area (Å²) in [6.45, 7) is 3.33. The van der Waals surface area contributed by atoms with E-state index in [1.807, 2.05) is 18.2 Å². The van der Waals surface area contributed by atoms with Gasteiger partial charge in [0.15, 0.2) is 0 Å². The lowest BCUT2D eigenvalue weighted by Gasteiger charge is -2.37. The third-order valence-corrected chi connectivity index (χ3v) is 3.74. The highest BCUT2D eigenvalue weighted by atomic mass is 15.2. The Hall–Kier alpha value is -1.69. The van der Waals surface area contributed by atoms with Crippen molar-refractivity contribution in [3.05, 3.63) is 23.8 Å². The Morgan fingerprint density at radius 3 is 3.00 bits per heavy atom. The second-order valence-electron chi connectivity index (χ2n) is 5.02. The molecule has 1 aromatic carbocycles. The summed E-state index contributed by atoms with van der Waals surface area (Å²) in [5.74, 6) is 0. The standard InChI is InChI=1S/C15H21N3/c1-2-5-13-6-3-4-9-18(13)14-7-8-15(17)12(10-14)11-16/h7-8,10,13H,2-6,9,17H2,1H3. The van der Waals surface area contributed by atoms with Crippen LogP contribution in [0.3, 0.4) is 0 Å². The van der Waals surface area contributed by atoms with E-state index in [1.54, 1.807) is 0 Å². The average molecular weight is 243 g/mol. The van der Waals surface area contributed by atoms with Gasteiger partial charge in [-0.3, -0.25) is 0 Å². The largest absolute Gasteiger partial charge is 0.398 e. The van der Waals surface area contributed by atoms with E-state index >= 15 is 0 Å². The summed E-state index contributed by atoms with van der Waals surface area (Å²) < 4.78 is 0. The van der Waals surface area contributed by atoms with Gasteiger partial charge in [0.1, 0.15) is 6.07 Å². The first-order valence-electron chi connectivity index (χ1n) is 6.82. The third-order valence-electron chi connectivity index (χ3n) is 3.74. The fourth-order valence-corrected chi connectivity index (χ4v) is 2.79. The molecule has 1 atom stereocenters. The molecule has 2 rings (SSSR count). The number of nitrogens with two attached hydrogens (primary N) is 1. The Kier molecular flexibility index (Phi) is 4.09. The highest BCUT2D eigenvalue weighted by Crippen LogP contribution is 2.29. The summed E-state index contributed by atoms with van der Waals surface area (Å²) in [6, 6.07) is 8.63. The molecule has 1 aliphatic heterocycles. The number of benzene rings is 1. The van der Waals surface area contributed by atoms with E-state index in [9.17, 15) is 0 Å². The van der Waals surface area contributed by atoms with E-state index in [4.69, 9.17) is 11.0 Å². The molecular formula is C15H21N3. The second kappa shape index (κ2) is 5.77. The Labute approximate surface area is 109 Å². The van der Waals surface area contributed by atoms with E-state index in [-0.39, 0.29) is 0 Å². The van der Waals surface area contributed by atoms with Gasteiger partial charge in [-0.1, -0.05) is 13.3 Å². The van der Waals surface area contributed by atoms with E-state index in [2.05, 4.69) is 17.9 Å². The summed E-state index contributed by atoms with van der Waals surface area (Å²) in [6.07, 6.45) is 6.27. The monoisotopic (exact) mass is 243 g/mol. The predicted molar refractivity (Wildman–Crippen MR) is 75.5 cm³/mol. The molecule has 3 heteroatoms. The molecule has 0 spiro atoms. The van der Waals surface area contributed by atoms with Crippen molar-refractivity contribution in [1.29, 1.82) is 5.26 Å². The van der Waals surface area contributed by atoms with Crippen molar-refractivity contribution in [1.82, 2.24) is 0 Å². The van der Waals surface area contributed by atoms with Crippen LogP contribution in [-0.4, -0.2) is 12.6 Å². The molecule has 1 aliphatic rings. The molecule has 0 aromatic heterocycles. The molecule has 1 heterocycles. The lowest BCUT2D eigenvalue weighted by Crippen LogP contribution is -2.39. The minimum Gasteiger partial charge on any atom is -0.398 e. The highest BCUT2D eigenvalue weighted by molar-refractivity contribution is 5.63. The van der Waals surface area contributed by atoms with Crippen LogP contribution in [0, 0.1) is 11.3 Å². The van der Waals surface area contributed by atoms with Crippen molar-refractivity contribution in [2.75, 3.05) is 17.2 Å². The van der Waals surface area contributed by atoms with Crippen molar-refractivity contribution < 1.29 is 0 Å². The normalized spacial score (nSPS) is 19.6. The summed E-state index contributed by atoms with van der Waals surface area (Å²) in [7, 11) is 0. The first kappa shape index (κ1) is 12.8. The summed E-state index contributed by atoms with van der Waals surface area (Å²) >= 11 is 0. The number of hydrogen-bond donors (Lipinski definition) is 1. The molecular weight excluding hydrogens is 222 g/mol. The van der Waals surface area contributed by atoms with Gasteiger partial charge in [0.2, 0.25) is 0 Å². The van der Waals surface area contributed by atoms with Crippen molar-refractivity contribution in [3.63, 3.8) is 0 Å². The number of hydrogen-bond acceptors (Lipinski definition) is 3. The second-order valence-corrected chi connectivity index (χ2v) is 5.02. The molecule has 1 aromatic rings. The minimum absolute atomic E-state index is 0.574. The first-order chi connectivity index (χ1) is 8.76. The van der Waals surface area contributed by atoms with Gasteiger partial charge in [0.25, 0.3) is 0 Å². The molecule has 0 bridgehead atoms. The van der Waals surface area contributed by atoms with Gasteiger partial charge in [-0.05, 0) is 43.9 Å². The van der Waals surface area contributed by atoms with Gasteiger partial charge in [0.05, 0.1) is 5.56 Å². The van der Waals surface area contributed by atoms with Crippen LogP contribution in [0.25, 0.3) is 0 Å². The number of piperidine rings is 1. The van der Waals surface area contributed by atoms with Crippen molar-refractivity contribution >= 4 is 11.4 Å². The molecule has 3 nitrogen and oxygen atoms in total. The van der Waals surface area contributed by atoms with Crippen LogP contribution in [0.1, 0.15) is 44.6 Å². The average Bonchev–Trinajstić information content (AvgIpc) is 2.40. The van der Waals surface area contributed by atoms with E-state index in [1.165, 1.54) is 32.1 Å². The maximum absolute atomic E-state index is 9.06. The molecule has 1 saturated heterocycles. The molecule has 0 amide bonds. The van der Waals surface area contributed by atoms with Gasteiger partial charge < -0.3 is 10.6 Å². The number of nitrogen functional groups attached to an aromatic ring is 1. The molecule has 1 fully saturated rings. The van der Waals surface area contributed by atoms with E-state index < -0.39 is 0 Å². The smallest absolute Gasteiger partial charge is 0.101 e. The number of rotatable bonds is 3. The van der Waals surface area contributed by atoms with E-state index in [0.717, 1.165) is 12.2 Å². The van der Waals surface area contributed by atoms with E-state index in [0.29, 0.717) is 17.3 Å². The van der Waals surface area contributed by atoms with Crippen LogP contribution in [0.4, 0.5) is 11.4 Å². The number of anilines is 2. The van der Waals surface area contributed by atoms with Crippen molar-refractivity contribution in [2.24, 2.45) is 0 Å². The SMILES string of the molecule is CCCC1CCCCN1c1ccc(N)c(C#N)c1. The van der Waals surface area contributed by atoms with Crippen LogP contribution in [0.2, 0.25) is 0 Å². The zero-order valence-corrected chi connectivity index (χ0v) is 11.0. The molecule has 18 heavy (non-hydrogen) atoms. The fourth-order valence-electron chi connectivity index (χ4n) is 2.79. The highest BCUT2D eigenvalue weighted by Gasteiger charge is 2.22. The maximum atomic E-state index is 9.06. The summed E-state index contributed by atoms with van der Waals surface area (Å²) in [4.78, 5) is 2.45. The summed E-state index contributed by atoms with van der Waals surface area (Å²) in [5, 5.41) is 9.06. The molecule has 0 aliphatic carbocycles. The van der Waals surface area contributed by atoms with Crippen LogP contribution in [0.5, 0.6) is 0 Å². The van der Waals surface area contributed by atoms with Gasteiger partial charge in [-0.25, -0.2) is 0 Å². The number of nitrogens with zero attached hydrogens (tertiary/aromatic N) is 2. The van der Waals surface area contributed by atoms with Gasteiger partial charge >= 0.3 is 0 Å². The zero-order valence-electron chi connectivity index (χ0n) is 11.0. The zero-order chi connectivity index (χ0) is 13.0. The Balaban J connectivity index is 2.25. The molecule has 96 valence electrons.